The summed E-state index contributed by atoms with van der Waals surface area (Å²) in [5.74, 6) is 1.75. The number of carbonyl (C=O) groups excluding carboxylic acids is 1. The summed E-state index contributed by atoms with van der Waals surface area (Å²) in [7, 11) is 0. The SMILES string of the molecule is CCN(C(=O)C(C)Sc1nnc(N2CCCC2)n1Cc1ccco1)c1ccccc1. The monoisotopic (exact) mass is 425 g/mol. The van der Waals surface area contributed by atoms with E-state index >= 15 is 0 Å². The Morgan fingerprint density at radius 3 is 2.60 bits per heavy atom. The summed E-state index contributed by atoms with van der Waals surface area (Å²) in [5, 5.41) is 9.35. The molecule has 4 rings (SSSR count). The van der Waals surface area contributed by atoms with Gasteiger partial charge >= 0.3 is 0 Å². The first-order valence-electron chi connectivity index (χ1n) is 10.4. The van der Waals surface area contributed by atoms with Crippen molar-refractivity contribution < 1.29 is 9.21 Å². The molecule has 0 radical (unpaired) electrons. The standard InChI is InChI=1S/C22H27N5O2S/c1-3-26(18-10-5-4-6-11-18)20(28)17(2)30-22-24-23-21(25-13-7-8-14-25)27(22)16-19-12-9-15-29-19/h4-6,9-12,15,17H,3,7-8,13-14,16H2,1-2H3. The van der Waals surface area contributed by atoms with Crippen LogP contribution < -0.4 is 9.80 Å². The molecule has 1 saturated heterocycles. The molecule has 1 atom stereocenters. The van der Waals surface area contributed by atoms with E-state index in [9.17, 15) is 4.79 Å². The van der Waals surface area contributed by atoms with Crippen LogP contribution >= 0.6 is 11.8 Å². The molecule has 1 aliphatic rings. The Bertz CT molecular complexity index is 951. The average Bonchev–Trinajstić information content (AvgIpc) is 3.53. The van der Waals surface area contributed by atoms with Crippen LogP contribution in [0.3, 0.4) is 0 Å². The Balaban J connectivity index is 1.56. The molecule has 2 aromatic heterocycles. The Labute approximate surface area is 181 Å². The number of benzene rings is 1. The van der Waals surface area contributed by atoms with E-state index in [4.69, 9.17) is 4.42 Å². The van der Waals surface area contributed by atoms with E-state index in [1.165, 1.54) is 11.8 Å². The topological polar surface area (TPSA) is 67.4 Å². The largest absolute Gasteiger partial charge is 0.467 e. The van der Waals surface area contributed by atoms with E-state index in [-0.39, 0.29) is 11.2 Å². The number of furan rings is 1. The number of anilines is 2. The van der Waals surface area contributed by atoms with Crippen LogP contribution in [0.5, 0.6) is 0 Å². The molecule has 1 fully saturated rings. The van der Waals surface area contributed by atoms with Crippen molar-refractivity contribution in [2.24, 2.45) is 0 Å². The van der Waals surface area contributed by atoms with Crippen molar-refractivity contribution >= 4 is 29.3 Å². The van der Waals surface area contributed by atoms with Crippen LogP contribution in [0.15, 0.2) is 58.3 Å². The predicted octanol–water partition coefficient (Wildman–Crippen LogP) is 4.05. The molecule has 0 N–H and O–H groups in total. The third-order valence-electron chi connectivity index (χ3n) is 5.26. The van der Waals surface area contributed by atoms with Crippen molar-refractivity contribution in [2.45, 2.75) is 43.6 Å². The Morgan fingerprint density at radius 1 is 1.17 bits per heavy atom. The predicted molar refractivity (Wildman–Crippen MR) is 119 cm³/mol. The highest BCUT2D eigenvalue weighted by atomic mass is 32.2. The molecule has 1 unspecified atom stereocenters. The van der Waals surface area contributed by atoms with Gasteiger partial charge in [0.1, 0.15) is 5.76 Å². The molecular formula is C22H27N5O2S. The Kier molecular flexibility index (Phi) is 6.42. The number of nitrogens with zero attached hydrogens (tertiary/aromatic N) is 5. The number of aromatic nitrogens is 3. The molecule has 158 valence electrons. The third-order valence-corrected chi connectivity index (χ3v) is 6.33. The lowest BCUT2D eigenvalue weighted by molar-refractivity contribution is -0.117. The van der Waals surface area contributed by atoms with Gasteiger partial charge in [-0.3, -0.25) is 9.36 Å². The number of carbonyl (C=O) groups is 1. The zero-order valence-electron chi connectivity index (χ0n) is 17.4. The van der Waals surface area contributed by atoms with Crippen molar-refractivity contribution in [3.63, 3.8) is 0 Å². The van der Waals surface area contributed by atoms with E-state index in [0.29, 0.717) is 13.1 Å². The molecule has 30 heavy (non-hydrogen) atoms. The molecular weight excluding hydrogens is 398 g/mol. The zero-order chi connectivity index (χ0) is 20.9. The molecule has 0 aliphatic carbocycles. The van der Waals surface area contributed by atoms with Crippen LogP contribution in [-0.4, -0.2) is 45.6 Å². The number of rotatable bonds is 8. The highest BCUT2D eigenvalue weighted by molar-refractivity contribution is 8.00. The van der Waals surface area contributed by atoms with Crippen molar-refractivity contribution in [1.29, 1.82) is 0 Å². The van der Waals surface area contributed by atoms with E-state index in [2.05, 4.69) is 19.7 Å². The molecule has 7 nitrogen and oxygen atoms in total. The van der Waals surface area contributed by atoms with E-state index in [0.717, 1.165) is 48.5 Å². The van der Waals surface area contributed by atoms with E-state index < -0.39 is 0 Å². The maximum absolute atomic E-state index is 13.2. The summed E-state index contributed by atoms with van der Waals surface area (Å²) < 4.78 is 7.63. The van der Waals surface area contributed by atoms with Gasteiger partial charge in [0.05, 0.1) is 18.1 Å². The van der Waals surface area contributed by atoms with Gasteiger partial charge < -0.3 is 14.2 Å². The first-order chi connectivity index (χ1) is 14.7. The van der Waals surface area contributed by atoms with Crippen molar-refractivity contribution in [2.75, 3.05) is 29.4 Å². The smallest absolute Gasteiger partial charge is 0.240 e. The lowest BCUT2D eigenvalue weighted by Crippen LogP contribution is -2.36. The molecule has 3 aromatic rings. The van der Waals surface area contributed by atoms with E-state index in [1.54, 1.807) is 6.26 Å². The maximum Gasteiger partial charge on any atom is 0.240 e. The number of amides is 1. The van der Waals surface area contributed by atoms with Gasteiger partial charge in [-0.25, -0.2) is 0 Å². The normalized spacial score (nSPS) is 14.8. The molecule has 0 bridgehead atoms. The molecule has 0 saturated carbocycles. The number of hydrogen-bond donors (Lipinski definition) is 0. The van der Waals surface area contributed by atoms with Gasteiger partial charge in [-0.15, -0.1) is 10.2 Å². The molecule has 1 aromatic carbocycles. The van der Waals surface area contributed by atoms with Crippen LogP contribution in [-0.2, 0) is 11.3 Å². The molecule has 1 amide bonds. The Morgan fingerprint density at radius 2 is 1.93 bits per heavy atom. The van der Waals surface area contributed by atoms with Crippen LogP contribution in [0.4, 0.5) is 11.6 Å². The molecule has 0 spiro atoms. The van der Waals surface area contributed by atoms with Crippen LogP contribution in [0.25, 0.3) is 0 Å². The number of para-hydroxylation sites is 1. The van der Waals surface area contributed by atoms with Gasteiger partial charge in [0.25, 0.3) is 0 Å². The lowest BCUT2D eigenvalue weighted by atomic mass is 10.2. The number of thioether (sulfide) groups is 1. The van der Waals surface area contributed by atoms with Gasteiger partial charge in [-0.05, 0) is 51.0 Å². The van der Waals surface area contributed by atoms with Crippen LogP contribution in [0.2, 0.25) is 0 Å². The van der Waals surface area contributed by atoms with Gasteiger partial charge in [0.2, 0.25) is 11.9 Å². The molecule has 8 heteroatoms. The highest BCUT2D eigenvalue weighted by Gasteiger charge is 2.27. The average molecular weight is 426 g/mol. The fraction of sp³-hybridized carbons (Fsp3) is 0.409. The zero-order valence-corrected chi connectivity index (χ0v) is 18.2. The third kappa shape index (κ3) is 4.38. The minimum absolute atomic E-state index is 0.0592. The fourth-order valence-electron chi connectivity index (χ4n) is 3.72. The summed E-state index contributed by atoms with van der Waals surface area (Å²) in [6.45, 7) is 7.05. The van der Waals surface area contributed by atoms with Crippen molar-refractivity contribution in [1.82, 2.24) is 14.8 Å². The first kappa shape index (κ1) is 20.5. The fourth-order valence-corrected chi connectivity index (χ4v) is 4.62. The summed E-state index contributed by atoms with van der Waals surface area (Å²) in [4.78, 5) is 17.3. The first-order valence-corrected chi connectivity index (χ1v) is 11.3. The van der Waals surface area contributed by atoms with Gasteiger partial charge in [-0.2, -0.15) is 0 Å². The summed E-state index contributed by atoms with van der Waals surface area (Å²) in [6.07, 6.45) is 3.99. The lowest BCUT2D eigenvalue weighted by Gasteiger charge is -2.24. The summed E-state index contributed by atoms with van der Waals surface area (Å²) in [6, 6.07) is 13.6. The number of hydrogen-bond acceptors (Lipinski definition) is 6. The highest BCUT2D eigenvalue weighted by Crippen LogP contribution is 2.30. The van der Waals surface area contributed by atoms with Gasteiger partial charge in [0.15, 0.2) is 5.16 Å². The van der Waals surface area contributed by atoms with Gasteiger partial charge in [-0.1, -0.05) is 30.0 Å². The molecule has 1 aliphatic heterocycles. The summed E-state index contributed by atoms with van der Waals surface area (Å²) in [5.41, 5.74) is 0.909. The van der Waals surface area contributed by atoms with Gasteiger partial charge in [0, 0.05) is 25.3 Å². The van der Waals surface area contributed by atoms with Crippen molar-refractivity contribution in [3.8, 4) is 0 Å². The molecule has 3 heterocycles. The minimum atomic E-state index is -0.295. The summed E-state index contributed by atoms with van der Waals surface area (Å²) >= 11 is 1.45. The maximum atomic E-state index is 13.2. The second-order valence-corrected chi connectivity index (χ2v) is 8.63. The van der Waals surface area contributed by atoms with Crippen LogP contribution in [0, 0.1) is 0 Å². The van der Waals surface area contributed by atoms with Crippen LogP contribution in [0.1, 0.15) is 32.4 Å². The minimum Gasteiger partial charge on any atom is -0.467 e. The second kappa shape index (κ2) is 9.38. The second-order valence-electron chi connectivity index (χ2n) is 7.32. The quantitative estimate of drug-likeness (QED) is 0.507. The van der Waals surface area contributed by atoms with Crippen molar-refractivity contribution in [3.05, 3.63) is 54.5 Å². The Hall–Kier alpha value is -2.74. The van der Waals surface area contributed by atoms with E-state index in [1.807, 2.05) is 61.2 Å².